The van der Waals surface area contributed by atoms with Crippen LogP contribution in [0, 0.1) is 6.92 Å². The van der Waals surface area contributed by atoms with Crippen molar-refractivity contribution in [2.45, 2.75) is 57.6 Å². The summed E-state index contributed by atoms with van der Waals surface area (Å²) in [6.07, 6.45) is 0. The van der Waals surface area contributed by atoms with E-state index < -0.39 is 34.1 Å². The second kappa shape index (κ2) is 12.0. The lowest BCUT2D eigenvalue weighted by atomic mass is 10.1. The molecule has 1 atom stereocenters. The van der Waals surface area contributed by atoms with Gasteiger partial charge in [0.15, 0.2) is 0 Å². The van der Waals surface area contributed by atoms with Crippen molar-refractivity contribution >= 4 is 39.1 Å². The lowest BCUT2D eigenvalue weighted by Gasteiger charge is -2.33. The number of carbonyl (C=O) groups is 2. The molecule has 38 heavy (non-hydrogen) atoms. The molecule has 7 nitrogen and oxygen atoms in total. The van der Waals surface area contributed by atoms with Crippen LogP contribution in [0.25, 0.3) is 0 Å². The fourth-order valence-corrected chi connectivity index (χ4v) is 5.34. The van der Waals surface area contributed by atoms with Crippen LogP contribution in [0.15, 0.2) is 83.8 Å². The van der Waals surface area contributed by atoms with Crippen LogP contribution < -0.4 is 9.62 Å². The van der Waals surface area contributed by atoms with Gasteiger partial charge in [-0.15, -0.1) is 0 Å². The maximum Gasteiger partial charge on any atom is 0.264 e. The van der Waals surface area contributed by atoms with Crippen LogP contribution in [0.5, 0.6) is 0 Å². The number of benzene rings is 3. The summed E-state index contributed by atoms with van der Waals surface area (Å²) in [7, 11) is -4.08. The third kappa shape index (κ3) is 7.58. The Balaban J connectivity index is 2.00. The van der Waals surface area contributed by atoms with Gasteiger partial charge in [-0.3, -0.25) is 13.9 Å². The van der Waals surface area contributed by atoms with Crippen molar-refractivity contribution in [2.24, 2.45) is 0 Å². The number of anilines is 1. The summed E-state index contributed by atoms with van der Waals surface area (Å²) in [6.45, 7) is 8.68. The molecule has 0 fully saturated rings. The van der Waals surface area contributed by atoms with Crippen LogP contribution in [0.1, 0.15) is 38.8 Å². The van der Waals surface area contributed by atoms with E-state index in [1.165, 1.54) is 17.0 Å². The maximum absolute atomic E-state index is 13.9. The molecule has 0 radical (unpaired) electrons. The minimum Gasteiger partial charge on any atom is -0.350 e. The first kappa shape index (κ1) is 29.2. The number of rotatable bonds is 9. The SMILES string of the molecule is Cc1ccc(S(=O)(=O)N(CC(=O)N(Cc2ccc(Cl)cc2)[C@@H](C)C(=O)NC(C)(C)C)c2ccccc2)cc1. The normalized spacial score (nSPS) is 12.5. The summed E-state index contributed by atoms with van der Waals surface area (Å²) < 4.78 is 28.6. The molecule has 0 saturated carbocycles. The molecule has 0 spiro atoms. The highest BCUT2D eigenvalue weighted by Gasteiger charge is 2.33. The number of hydrogen-bond donors (Lipinski definition) is 1. The highest BCUT2D eigenvalue weighted by atomic mass is 35.5. The molecule has 1 N–H and O–H groups in total. The quantitative estimate of drug-likeness (QED) is 0.394. The summed E-state index contributed by atoms with van der Waals surface area (Å²) in [5, 5.41) is 3.46. The van der Waals surface area contributed by atoms with Crippen molar-refractivity contribution in [1.29, 1.82) is 0 Å². The topological polar surface area (TPSA) is 86.8 Å². The van der Waals surface area contributed by atoms with Gasteiger partial charge in [0.25, 0.3) is 10.0 Å². The number of amides is 2. The highest BCUT2D eigenvalue weighted by molar-refractivity contribution is 7.92. The molecule has 0 aromatic heterocycles. The van der Waals surface area contributed by atoms with Crippen LogP contribution in [0.4, 0.5) is 5.69 Å². The van der Waals surface area contributed by atoms with Gasteiger partial charge in [0, 0.05) is 17.1 Å². The molecule has 0 heterocycles. The third-order valence-electron chi connectivity index (χ3n) is 5.86. The van der Waals surface area contributed by atoms with Gasteiger partial charge in [-0.2, -0.15) is 0 Å². The summed E-state index contributed by atoms with van der Waals surface area (Å²) in [4.78, 5) is 28.4. The molecule has 0 unspecified atom stereocenters. The van der Waals surface area contributed by atoms with Crippen molar-refractivity contribution in [2.75, 3.05) is 10.8 Å². The van der Waals surface area contributed by atoms with Crippen molar-refractivity contribution in [3.05, 3.63) is 95.0 Å². The van der Waals surface area contributed by atoms with E-state index in [0.29, 0.717) is 10.7 Å². The number of halogens is 1. The average Bonchev–Trinajstić information content (AvgIpc) is 2.86. The van der Waals surface area contributed by atoms with Gasteiger partial charge in [-0.1, -0.05) is 59.6 Å². The van der Waals surface area contributed by atoms with Crippen LogP contribution in [0.3, 0.4) is 0 Å². The lowest BCUT2D eigenvalue weighted by Crippen LogP contribution is -2.54. The number of carbonyl (C=O) groups excluding carboxylic acids is 2. The number of nitrogens with zero attached hydrogens (tertiary/aromatic N) is 2. The summed E-state index contributed by atoms with van der Waals surface area (Å²) >= 11 is 6.03. The molecule has 0 aliphatic heterocycles. The number of hydrogen-bond acceptors (Lipinski definition) is 4. The minimum absolute atomic E-state index is 0.0718. The first-order valence-corrected chi connectivity index (χ1v) is 14.1. The van der Waals surface area contributed by atoms with Crippen molar-refractivity contribution < 1.29 is 18.0 Å². The molecular weight excluding hydrogens is 522 g/mol. The van der Waals surface area contributed by atoms with E-state index in [4.69, 9.17) is 11.6 Å². The Morgan fingerprint density at radius 2 is 1.50 bits per heavy atom. The van der Waals surface area contributed by atoms with Crippen molar-refractivity contribution in [1.82, 2.24) is 10.2 Å². The zero-order valence-electron chi connectivity index (χ0n) is 22.3. The van der Waals surface area contributed by atoms with Crippen molar-refractivity contribution in [3.63, 3.8) is 0 Å². The maximum atomic E-state index is 13.9. The average molecular weight is 556 g/mol. The first-order valence-electron chi connectivity index (χ1n) is 12.3. The summed E-state index contributed by atoms with van der Waals surface area (Å²) in [6, 6.07) is 21.0. The molecule has 2 amide bonds. The Bertz CT molecular complexity index is 1350. The van der Waals surface area contributed by atoms with Gasteiger partial charge in [0.05, 0.1) is 10.6 Å². The van der Waals surface area contributed by atoms with E-state index in [0.717, 1.165) is 15.4 Å². The van der Waals surface area contributed by atoms with Crippen LogP contribution in [-0.2, 0) is 26.2 Å². The largest absolute Gasteiger partial charge is 0.350 e. The zero-order chi connectivity index (χ0) is 28.1. The van der Waals surface area contributed by atoms with Crippen LogP contribution in [0.2, 0.25) is 5.02 Å². The second-order valence-corrected chi connectivity index (χ2v) is 12.5. The van der Waals surface area contributed by atoms with E-state index >= 15 is 0 Å². The number of aryl methyl sites for hydroxylation is 1. The number of nitrogens with one attached hydrogen (secondary N) is 1. The summed E-state index contributed by atoms with van der Waals surface area (Å²) in [5.41, 5.74) is 1.51. The molecule has 9 heteroatoms. The Hall–Kier alpha value is -3.36. The van der Waals surface area contributed by atoms with Gasteiger partial charge >= 0.3 is 0 Å². The highest BCUT2D eigenvalue weighted by Crippen LogP contribution is 2.25. The molecule has 0 aliphatic rings. The molecule has 0 bridgehead atoms. The molecule has 202 valence electrons. The second-order valence-electron chi connectivity index (χ2n) is 10.2. The fourth-order valence-electron chi connectivity index (χ4n) is 3.80. The van der Waals surface area contributed by atoms with E-state index in [2.05, 4.69) is 5.32 Å². The summed E-state index contributed by atoms with van der Waals surface area (Å²) in [5.74, 6) is -0.858. The Morgan fingerprint density at radius 1 is 0.921 bits per heavy atom. The zero-order valence-corrected chi connectivity index (χ0v) is 23.9. The molecule has 0 saturated heterocycles. The molecule has 3 aromatic rings. The van der Waals surface area contributed by atoms with Gasteiger partial charge < -0.3 is 10.2 Å². The van der Waals surface area contributed by atoms with E-state index in [1.807, 2.05) is 27.7 Å². The molecule has 0 aliphatic carbocycles. The van der Waals surface area contributed by atoms with E-state index in [-0.39, 0.29) is 17.3 Å². The fraction of sp³-hybridized carbons (Fsp3) is 0.310. The lowest BCUT2D eigenvalue weighted by molar-refractivity contribution is -0.140. The predicted molar refractivity (Wildman–Crippen MR) is 152 cm³/mol. The number of sulfonamides is 1. The third-order valence-corrected chi connectivity index (χ3v) is 7.90. The van der Waals surface area contributed by atoms with Gasteiger partial charge in [-0.05, 0) is 76.6 Å². The van der Waals surface area contributed by atoms with Gasteiger partial charge in [0.1, 0.15) is 12.6 Å². The van der Waals surface area contributed by atoms with Crippen molar-refractivity contribution in [3.8, 4) is 0 Å². The van der Waals surface area contributed by atoms with E-state index in [9.17, 15) is 18.0 Å². The monoisotopic (exact) mass is 555 g/mol. The molecule has 3 rings (SSSR count). The molecular formula is C29H34ClN3O4S. The van der Waals surface area contributed by atoms with E-state index in [1.54, 1.807) is 73.7 Å². The van der Waals surface area contributed by atoms with Gasteiger partial charge in [-0.25, -0.2) is 8.42 Å². The Kier molecular flexibility index (Phi) is 9.22. The Morgan fingerprint density at radius 3 is 2.05 bits per heavy atom. The standard InChI is InChI=1S/C29H34ClN3O4S/c1-21-11-17-26(18-12-21)38(36,37)33(25-9-7-6-8-10-25)20-27(34)32(19-23-13-15-24(30)16-14-23)22(2)28(35)31-29(3,4)5/h6-18,22H,19-20H2,1-5H3,(H,31,35)/t22-/m0/s1. The van der Waals surface area contributed by atoms with Crippen LogP contribution >= 0.6 is 11.6 Å². The van der Waals surface area contributed by atoms with Gasteiger partial charge in [0.2, 0.25) is 11.8 Å². The molecule has 3 aromatic carbocycles. The smallest absolute Gasteiger partial charge is 0.264 e. The minimum atomic E-state index is -4.08. The first-order chi connectivity index (χ1) is 17.8. The van der Waals surface area contributed by atoms with Crippen LogP contribution in [-0.4, -0.2) is 43.3 Å². The number of para-hydroxylation sites is 1. The Labute approximate surface area is 230 Å². The predicted octanol–water partition coefficient (Wildman–Crippen LogP) is 5.18.